The molecule has 13 nitrogen and oxygen atoms in total. The molecular weight excluding hydrogens is 598 g/mol. The van der Waals surface area contributed by atoms with Gasteiger partial charge in [-0.25, -0.2) is 15.0 Å². The molecule has 0 spiro atoms. The first-order valence-electron chi connectivity index (χ1n) is 16.0. The van der Waals surface area contributed by atoms with Crippen molar-refractivity contribution in [3.05, 3.63) is 78.4 Å². The van der Waals surface area contributed by atoms with E-state index >= 15 is 0 Å². The number of imidazole rings is 1. The van der Waals surface area contributed by atoms with Crippen LogP contribution in [0.15, 0.2) is 67.3 Å². The Labute approximate surface area is 272 Å². The standard InChI is InChI=1S/C34H41N9O4/c35-18-8-5-11-26(32(46)40-25-14-12-23(13-15-25)19-34(33(36)47)16-6-2-7-17-34)41-27(44)20-43-22-39-28-29(37-21-38-30(28)43)42-31(45)24-9-3-1-4-10-24/h1,3-4,9-10,12-15,21-22,26H,2,5-8,11,16-20,35H2,(H2,36,47)(H,40,46)(H,41,44)(H,37,38,42,45). The lowest BCUT2D eigenvalue weighted by molar-refractivity contribution is -0.129. The summed E-state index contributed by atoms with van der Waals surface area (Å²) in [5.74, 6) is -1.15. The molecule has 0 aliphatic heterocycles. The van der Waals surface area contributed by atoms with Crippen LogP contribution < -0.4 is 27.4 Å². The second-order valence-electron chi connectivity index (χ2n) is 12.1. The van der Waals surface area contributed by atoms with Gasteiger partial charge in [0.25, 0.3) is 5.91 Å². The zero-order chi connectivity index (χ0) is 33.2. The molecule has 7 N–H and O–H groups in total. The fourth-order valence-corrected chi connectivity index (χ4v) is 6.08. The fraction of sp³-hybridized carbons (Fsp3) is 0.382. The minimum absolute atomic E-state index is 0.156. The predicted octanol–water partition coefficient (Wildman–Crippen LogP) is 3.31. The summed E-state index contributed by atoms with van der Waals surface area (Å²) in [5, 5.41) is 8.50. The number of nitrogens with two attached hydrogens (primary N) is 2. The third kappa shape index (κ3) is 8.36. The molecule has 1 aliphatic carbocycles. The first kappa shape index (κ1) is 33.2. The summed E-state index contributed by atoms with van der Waals surface area (Å²) in [6.07, 6.45) is 9.74. The van der Waals surface area contributed by atoms with Gasteiger partial charge in [0.05, 0.1) is 11.7 Å². The second-order valence-corrected chi connectivity index (χ2v) is 12.1. The highest BCUT2D eigenvalue weighted by Crippen LogP contribution is 2.39. The Hall–Kier alpha value is -5.17. The molecule has 246 valence electrons. The van der Waals surface area contributed by atoms with Gasteiger partial charge < -0.3 is 32.0 Å². The van der Waals surface area contributed by atoms with Crippen molar-refractivity contribution in [3.63, 3.8) is 0 Å². The number of amides is 4. The molecule has 1 saturated carbocycles. The van der Waals surface area contributed by atoms with Gasteiger partial charge in [-0.15, -0.1) is 0 Å². The zero-order valence-electron chi connectivity index (χ0n) is 26.3. The Morgan fingerprint density at radius 3 is 2.34 bits per heavy atom. The highest BCUT2D eigenvalue weighted by Gasteiger charge is 2.37. The molecule has 1 atom stereocenters. The summed E-state index contributed by atoms with van der Waals surface area (Å²) in [5.41, 5.74) is 13.7. The van der Waals surface area contributed by atoms with E-state index in [9.17, 15) is 19.2 Å². The smallest absolute Gasteiger partial charge is 0.256 e. The Morgan fingerprint density at radius 2 is 1.64 bits per heavy atom. The minimum Gasteiger partial charge on any atom is -0.369 e. The SMILES string of the molecule is NCCCCC(NC(=O)Cn1cnc2c(NC(=O)c3ccccc3)ncnc21)C(=O)Nc1ccc(CC2(C(N)=O)CCCCC2)cc1. The van der Waals surface area contributed by atoms with Gasteiger partial charge in [-0.2, -0.15) is 0 Å². The average molecular weight is 640 g/mol. The number of aromatic nitrogens is 4. The Kier molecular flexibility index (Phi) is 10.9. The number of carbonyl (C=O) groups is 4. The number of carbonyl (C=O) groups excluding carboxylic acids is 4. The molecule has 0 saturated heterocycles. The fourth-order valence-electron chi connectivity index (χ4n) is 6.08. The molecule has 4 amide bonds. The van der Waals surface area contributed by atoms with Gasteiger partial charge in [0.2, 0.25) is 17.7 Å². The van der Waals surface area contributed by atoms with Crippen molar-refractivity contribution >= 4 is 46.3 Å². The van der Waals surface area contributed by atoms with E-state index in [4.69, 9.17) is 11.5 Å². The van der Waals surface area contributed by atoms with Crippen molar-refractivity contribution in [3.8, 4) is 0 Å². The monoisotopic (exact) mass is 639 g/mol. The largest absolute Gasteiger partial charge is 0.369 e. The highest BCUT2D eigenvalue weighted by atomic mass is 16.2. The number of rotatable bonds is 14. The number of hydrogen-bond donors (Lipinski definition) is 5. The van der Waals surface area contributed by atoms with E-state index in [-0.39, 0.29) is 30.1 Å². The summed E-state index contributed by atoms with van der Waals surface area (Å²) in [6.45, 7) is 0.316. The molecule has 4 aromatic rings. The number of nitrogens with one attached hydrogen (secondary N) is 3. The average Bonchev–Trinajstić information content (AvgIpc) is 3.49. The first-order valence-corrected chi connectivity index (χ1v) is 16.0. The molecule has 1 aliphatic rings. The van der Waals surface area contributed by atoms with Crippen molar-refractivity contribution in [1.29, 1.82) is 0 Å². The van der Waals surface area contributed by atoms with Crippen LogP contribution >= 0.6 is 0 Å². The third-order valence-electron chi connectivity index (χ3n) is 8.68. The predicted molar refractivity (Wildman–Crippen MR) is 178 cm³/mol. The lowest BCUT2D eigenvalue weighted by Crippen LogP contribution is -2.45. The quantitative estimate of drug-likeness (QED) is 0.129. The second kappa shape index (κ2) is 15.4. The first-order chi connectivity index (χ1) is 22.8. The summed E-state index contributed by atoms with van der Waals surface area (Å²) in [7, 11) is 0. The number of anilines is 2. The van der Waals surface area contributed by atoms with Gasteiger partial charge in [-0.3, -0.25) is 19.2 Å². The maximum atomic E-state index is 13.4. The lowest BCUT2D eigenvalue weighted by Gasteiger charge is -2.34. The van der Waals surface area contributed by atoms with Crippen molar-refractivity contribution in [2.45, 2.75) is 70.4 Å². The van der Waals surface area contributed by atoms with Crippen molar-refractivity contribution in [2.75, 3.05) is 17.2 Å². The highest BCUT2D eigenvalue weighted by molar-refractivity contribution is 6.06. The molecule has 2 aromatic carbocycles. The van der Waals surface area contributed by atoms with Crippen LogP contribution in [0.1, 0.15) is 67.3 Å². The van der Waals surface area contributed by atoms with E-state index in [1.807, 2.05) is 18.2 Å². The molecular formula is C34H41N9O4. The van der Waals surface area contributed by atoms with E-state index in [0.29, 0.717) is 54.6 Å². The van der Waals surface area contributed by atoms with Gasteiger partial charge in [-0.1, -0.05) is 49.6 Å². The molecule has 47 heavy (non-hydrogen) atoms. The summed E-state index contributed by atoms with van der Waals surface area (Å²) < 4.78 is 1.53. The number of primary amides is 1. The molecule has 0 bridgehead atoms. The summed E-state index contributed by atoms with van der Waals surface area (Å²) in [6, 6.07) is 15.3. The van der Waals surface area contributed by atoms with Crippen molar-refractivity contribution in [1.82, 2.24) is 24.8 Å². The van der Waals surface area contributed by atoms with E-state index in [2.05, 4.69) is 30.9 Å². The van der Waals surface area contributed by atoms with E-state index in [0.717, 1.165) is 37.7 Å². The minimum atomic E-state index is -0.806. The normalized spacial score (nSPS) is 14.7. The number of benzene rings is 2. The maximum Gasteiger partial charge on any atom is 0.256 e. The molecule has 1 fully saturated rings. The lowest BCUT2D eigenvalue weighted by atomic mass is 9.70. The van der Waals surface area contributed by atoms with Crippen LogP contribution in [0.5, 0.6) is 0 Å². The van der Waals surface area contributed by atoms with Gasteiger partial charge >= 0.3 is 0 Å². The van der Waals surface area contributed by atoms with E-state index < -0.39 is 17.4 Å². The van der Waals surface area contributed by atoms with Crippen molar-refractivity contribution in [2.24, 2.45) is 16.9 Å². The number of unbranched alkanes of at least 4 members (excludes halogenated alkanes) is 1. The van der Waals surface area contributed by atoms with Crippen LogP contribution in [0, 0.1) is 5.41 Å². The van der Waals surface area contributed by atoms with Crippen molar-refractivity contribution < 1.29 is 19.2 Å². The van der Waals surface area contributed by atoms with E-state index in [1.54, 1.807) is 36.4 Å². The van der Waals surface area contributed by atoms with Crippen LogP contribution in [-0.4, -0.2) is 55.7 Å². The van der Waals surface area contributed by atoms with Crippen LogP contribution in [0.3, 0.4) is 0 Å². The van der Waals surface area contributed by atoms with E-state index in [1.165, 1.54) is 17.2 Å². The molecule has 2 heterocycles. The Bertz CT molecular complexity index is 1700. The zero-order valence-corrected chi connectivity index (χ0v) is 26.3. The topological polar surface area (TPSA) is 200 Å². The molecule has 5 rings (SSSR count). The molecule has 13 heteroatoms. The van der Waals surface area contributed by atoms with Crippen LogP contribution in [0.2, 0.25) is 0 Å². The molecule has 0 radical (unpaired) electrons. The summed E-state index contributed by atoms with van der Waals surface area (Å²) >= 11 is 0. The van der Waals surface area contributed by atoms with Crippen LogP contribution in [0.25, 0.3) is 11.2 Å². The van der Waals surface area contributed by atoms with Crippen LogP contribution in [0.4, 0.5) is 11.5 Å². The van der Waals surface area contributed by atoms with Gasteiger partial charge in [0.1, 0.15) is 18.9 Å². The third-order valence-corrected chi connectivity index (χ3v) is 8.68. The molecule has 1 unspecified atom stereocenters. The van der Waals surface area contributed by atoms with Gasteiger partial charge in [0.15, 0.2) is 17.0 Å². The Balaban J connectivity index is 1.23. The van der Waals surface area contributed by atoms with Gasteiger partial charge in [-0.05, 0) is 74.9 Å². The summed E-state index contributed by atoms with van der Waals surface area (Å²) in [4.78, 5) is 64.3. The van der Waals surface area contributed by atoms with Crippen LogP contribution in [-0.2, 0) is 27.3 Å². The molecule has 2 aromatic heterocycles. The Morgan fingerprint density at radius 1 is 0.894 bits per heavy atom. The number of hydrogen-bond acceptors (Lipinski definition) is 8. The van der Waals surface area contributed by atoms with Gasteiger partial charge in [0, 0.05) is 11.3 Å². The number of fused-ring (bicyclic) bond motifs is 1. The number of nitrogens with zero attached hydrogens (tertiary/aromatic N) is 4. The maximum absolute atomic E-state index is 13.4.